The highest BCUT2D eigenvalue weighted by Gasteiger charge is 2.26. The minimum atomic E-state index is -0.0308. The van der Waals surface area contributed by atoms with Crippen molar-refractivity contribution in [3.63, 3.8) is 0 Å². The molecule has 1 saturated carbocycles. The second-order valence-electron chi connectivity index (χ2n) is 6.24. The van der Waals surface area contributed by atoms with E-state index in [-0.39, 0.29) is 24.5 Å². The highest BCUT2D eigenvalue weighted by molar-refractivity contribution is 5.94. The molecule has 1 aromatic carbocycles. The third-order valence-electron chi connectivity index (χ3n) is 4.18. The molecular weight excluding hydrogens is 264 g/mol. The van der Waals surface area contributed by atoms with E-state index in [1.54, 1.807) is 0 Å². The van der Waals surface area contributed by atoms with E-state index in [1.807, 2.05) is 38.4 Å². The molecule has 0 saturated heterocycles. The van der Waals surface area contributed by atoms with Crippen LogP contribution in [0.1, 0.15) is 41.6 Å². The first-order valence-electron chi connectivity index (χ1n) is 7.75. The number of hydrogen-bond donors (Lipinski definition) is 2. The fourth-order valence-corrected chi connectivity index (χ4v) is 2.99. The molecule has 0 heterocycles. The van der Waals surface area contributed by atoms with E-state index in [0.29, 0.717) is 5.56 Å². The molecule has 0 bridgehead atoms. The summed E-state index contributed by atoms with van der Waals surface area (Å²) in [5, 5.41) is 12.5. The fourth-order valence-electron chi connectivity index (χ4n) is 2.99. The summed E-state index contributed by atoms with van der Waals surface area (Å²) < 4.78 is 0. The van der Waals surface area contributed by atoms with Gasteiger partial charge in [-0.15, -0.1) is 0 Å². The number of amides is 1. The highest BCUT2D eigenvalue weighted by atomic mass is 16.3. The van der Waals surface area contributed by atoms with Crippen LogP contribution in [0.25, 0.3) is 0 Å². The molecular formula is C17H26N2O2. The molecule has 2 unspecified atom stereocenters. The van der Waals surface area contributed by atoms with Gasteiger partial charge in [0.25, 0.3) is 5.91 Å². The first-order valence-corrected chi connectivity index (χ1v) is 7.75. The van der Waals surface area contributed by atoms with Gasteiger partial charge < -0.3 is 15.3 Å². The van der Waals surface area contributed by atoms with Gasteiger partial charge >= 0.3 is 0 Å². The van der Waals surface area contributed by atoms with Crippen LogP contribution >= 0.6 is 0 Å². The molecule has 116 valence electrons. The summed E-state index contributed by atoms with van der Waals surface area (Å²) in [5.74, 6) is 0.174. The van der Waals surface area contributed by atoms with Gasteiger partial charge in [0.15, 0.2) is 0 Å². The zero-order valence-corrected chi connectivity index (χ0v) is 13.0. The van der Waals surface area contributed by atoms with Crippen LogP contribution in [-0.2, 0) is 6.54 Å². The summed E-state index contributed by atoms with van der Waals surface area (Å²) in [6.07, 6.45) is 4.25. The highest BCUT2D eigenvalue weighted by Crippen LogP contribution is 2.24. The average molecular weight is 290 g/mol. The summed E-state index contributed by atoms with van der Waals surface area (Å²) in [6.45, 7) is 1.03. The van der Waals surface area contributed by atoms with Crippen LogP contribution in [0.3, 0.4) is 0 Å². The molecule has 0 aliphatic heterocycles. The van der Waals surface area contributed by atoms with Crippen LogP contribution in [-0.4, -0.2) is 42.7 Å². The Morgan fingerprint density at radius 3 is 2.52 bits per heavy atom. The van der Waals surface area contributed by atoms with E-state index in [4.69, 9.17) is 0 Å². The Kier molecular flexibility index (Phi) is 5.76. The molecule has 4 heteroatoms. The van der Waals surface area contributed by atoms with Crippen LogP contribution < -0.4 is 5.32 Å². The molecule has 2 N–H and O–H groups in total. The standard InChI is InChI=1S/C17H26N2O2/c1-19(2)11-13-7-9-14(10-8-13)17(21)18-16-6-4-3-5-15(16)12-20/h7-10,15-16,20H,3-6,11-12H2,1-2H3,(H,18,21). The van der Waals surface area contributed by atoms with Crippen molar-refractivity contribution in [2.45, 2.75) is 38.3 Å². The quantitative estimate of drug-likeness (QED) is 0.872. The Hall–Kier alpha value is -1.39. The molecule has 1 fully saturated rings. The summed E-state index contributed by atoms with van der Waals surface area (Å²) in [7, 11) is 4.05. The van der Waals surface area contributed by atoms with E-state index in [2.05, 4.69) is 10.2 Å². The lowest BCUT2D eigenvalue weighted by molar-refractivity contribution is 0.0872. The molecule has 2 rings (SSSR count). The second-order valence-corrected chi connectivity index (χ2v) is 6.24. The predicted molar refractivity (Wildman–Crippen MR) is 84.1 cm³/mol. The van der Waals surface area contributed by atoms with Crippen LogP contribution in [0.4, 0.5) is 0 Å². The number of nitrogens with one attached hydrogen (secondary N) is 1. The number of aliphatic hydroxyl groups is 1. The largest absolute Gasteiger partial charge is 0.396 e. The summed E-state index contributed by atoms with van der Waals surface area (Å²) in [4.78, 5) is 14.4. The SMILES string of the molecule is CN(C)Cc1ccc(C(=O)NC2CCCCC2CO)cc1. The Morgan fingerprint density at radius 2 is 1.90 bits per heavy atom. The van der Waals surface area contributed by atoms with Crippen LogP contribution in [0, 0.1) is 5.92 Å². The maximum absolute atomic E-state index is 12.3. The Balaban J connectivity index is 1.96. The number of nitrogens with zero attached hydrogens (tertiary/aromatic N) is 1. The molecule has 0 aromatic heterocycles. The van der Waals surface area contributed by atoms with E-state index in [1.165, 1.54) is 5.56 Å². The lowest BCUT2D eigenvalue weighted by Gasteiger charge is -2.30. The Labute approximate surface area is 127 Å². The molecule has 0 radical (unpaired) electrons. The van der Waals surface area contributed by atoms with Gasteiger partial charge in [-0.2, -0.15) is 0 Å². The summed E-state index contributed by atoms with van der Waals surface area (Å²) in [6, 6.07) is 7.87. The van der Waals surface area contributed by atoms with Gasteiger partial charge in [-0.1, -0.05) is 25.0 Å². The van der Waals surface area contributed by atoms with Gasteiger partial charge in [-0.25, -0.2) is 0 Å². The number of rotatable bonds is 5. The molecule has 1 amide bonds. The van der Waals surface area contributed by atoms with Gasteiger partial charge in [-0.05, 0) is 44.6 Å². The van der Waals surface area contributed by atoms with E-state index >= 15 is 0 Å². The molecule has 2 atom stereocenters. The monoisotopic (exact) mass is 290 g/mol. The smallest absolute Gasteiger partial charge is 0.251 e. The number of carbonyl (C=O) groups excluding carboxylic acids is 1. The first kappa shape index (κ1) is 16.0. The van der Waals surface area contributed by atoms with Gasteiger partial charge in [0.05, 0.1) is 0 Å². The molecule has 1 aromatic rings. The minimum absolute atomic E-state index is 0.0308. The maximum atomic E-state index is 12.3. The van der Waals surface area contributed by atoms with Crippen LogP contribution in [0.2, 0.25) is 0 Å². The molecule has 0 spiro atoms. The Bertz CT molecular complexity index is 456. The second kappa shape index (κ2) is 7.57. The minimum Gasteiger partial charge on any atom is -0.396 e. The fraction of sp³-hybridized carbons (Fsp3) is 0.588. The van der Waals surface area contributed by atoms with Crippen molar-refractivity contribution in [2.24, 2.45) is 5.92 Å². The van der Waals surface area contributed by atoms with Crippen LogP contribution in [0.5, 0.6) is 0 Å². The predicted octanol–water partition coefficient (Wildman–Crippen LogP) is 2.03. The van der Waals surface area contributed by atoms with Crippen molar-refractivity contribution in [3.8, 4) is 0 Å². The molecule has 1 aliphatic rings. The van der Waals surface area contributed by atoms with Crippen LogP contribution in [0.15, 0.2) is 24.3 Å². The van der Waals surface area contributed by atoms with Crippen molar-refractivity contribution in [1.82, 2.24) is 10.2 Å². The first-order chi connectivity index (χ1) is 10.1. The van der Waals surface area contributed by atoms with E-state index in [0.717, 1.165) is 32.2 Å². The number of hydrogen-bond acceptors (Lipinski definition) is 3. The molecule has 21 heavy (non-hydrogen) atoms. The zero-order valence-electron chi connectivity index (χ0n) is 13.0. The number of carbonyl (C=O) groups is 1. The van der Waals surface area contributed by atoms with Crippen molar-refractivity contribution in [1.29, 1.82) is 0 Å². The van der Waals surface area contributed by atoms with Crippen molar-refractivity contribution < 1.29 is 9.90 Å². The topological polar surface area (TPSA) is 52.6 Å². The van der Waals surface area contributed by atoms with Crippen molar-refractivity contribution in [2.75, 3.05) is 20.7 Å². The third-order valence-corrected chi connectivity index (χ3v) is 4.18. The normalized spacial score (nSPS) is 22.3. The zero-order chi connectivity index (χ0) is 15.2. The molecule has 1 aliphatic carbocycles. The third kappa shape index (κ3) is 4.55. The van der Waals surface area contributed by atoms with Gasteiger partial charge in [-0.3, -0.25) is 4.79 Å². The maximum Gasteiger partial charge on any atom is 0.251 e. The van der Waals surface area contributed by atoms with E-state index in [9.17, 15) is 9.90 Å². The van der Waals surface area contributed by atoms with E-state index < -0.39 is 0 Å². The Morgan fingerprint density at radius 1 is 1.24 bits per heavy atom. The van der Waals surface area contributed by atoms with Gasteiger partial charge in [0.1, 0.15) is 0 Å². The lowest BCUT2D eigenvalue weighted by atomic mass is 9.85. The number of aliphatic hydroxyl groups excluding tert-OH is 1. The number of benzene rings is 1. The van der Waals surface area contributed by atoms with Crippen molar-refractivity contribution in [3.05, 3.63) is 35.4 Å². The van der Waals surface area contributed by atoms with Gasteiger partial charge in [0.2, 0.25) is 0 Å². The summed E-state index contributed by atoms with van der Waals surface area (Å²) >= 11 is 0. The summed E-state index contributed by atoms with van der Waals surface area (Å²) in [5.41, 5.74) is 1.89. The van der Waals surface area contributed by atoms with Gasteiger partial charge in [0, 0.05) is 30.7 Å². The molecule has 4 nitrogen and oxygen atoms in total. The van der Waals surface area contributed by atoms with Crippen molar-refractivity contribution >= 4 is 5.91 Å². The average Bonchev–Trinajstić information content (AvgIpc) is 2.48. The lowest BCUT2D eigenvalue weighted by Crippen LogP contribution is -2.43.